The van der Waals surface area contributed by atoms with Gasteiger partial charge in [-0.05, 0) is 92.7 Å². The number of benzene rings is 2. The summed E-state index contributed by atoms with van der Waals surface area (Å²) in [5.41, 5.74) is 1.38. The number of halogens is 2. The zero-order valence-corrected chi connectivity index (χ0v) is 18.8. The molecule has 0 fully saturated rings. The molecule has 4 nitrogen and oxygen atoms in total. The molecule has 132 valence electrons. The van der Waals surface area contributed by atoms with Gasteiger partial charge >= 0.3 is 0 Å². The molecule has 0 atom stereocenters. The van der Waals surface area contributed by atoms with Gasteiger partial charge in [0.15, 0.2) is 24.8 Å². The van der Waals surface area contributed by atoms with E-state index < -0.39 is 24.8 Å². The molecule has 0 amide bonds. The first-order valence-electron chi connectivity index (χ1n) is 6.98. The Hall–Kier alpha value is -0.720. The van der Waals surface area contributed by atoms with Crippen molar-refractivity contribution in [3.63, 3.8) is 0 Å². The van der Waals surface area contributed by atoms with Crippen molar-refractivity contribution in [3.05, 3.63) is 77.6 Å². The molecule has 0 saturated carbocycles. The molecule has 2 aromatic rings. The molecule has 0 aliphatic heterocycles. The third kappa shape index (κ3) is 7.59. The molecule has 0 bridgehead atoms. The normalized spacial score (nSPS) is 12.9. The minimum absolute atomic E-state index is 0.691. The highest BCUT2D eigenvalue weighted by molar-refractivity contribution is 14.1. The van der Waals surface area contributed by atoms with Gasteiger partial charge in [-0.3, -0.25) is 0 Å². The van der Waals surface area contributed by atoms with Gasteiger partial charge in [-0.1, -0.05) is 24.3 Å². The predicted octanol–water partition coefficient (Wildman–Crippen LogP) is 4.32. The molecule has 25 heavy (non-hydrogen) atoms. The van der Waals surface area contributed by atoms with Crippen LogP contribution in [0.3, 0.4) is 0 Å². The Balaban J connectivity index is 2.09. The van der Waals surface area contributed by atoms with Crippen molar-refractivity contribution in [3.8, 4) is 0 Å². The molecule has 0 heterocycles. The highest BCUT2D eigenvalue weighted by Crippen LogP contribution is 2.12. The van der Waals surface area contributed by atoms with Crippen LogP contribution in [0.4, 0.5) is 0 Å². The zero-order chi connectivity index (χ0) is 18.5. The first-order chi connectivity index (χ1) is 11.7. The fraction of sp³-hybridized carbons (Fsp3) is 0.0588. The summed E-state index contributed by atoms with van der Waals surface area (Å²) < 4.78 is 50.2. The first-order valence-corrected chi connectivity index (χ1v) is 12.6. The minimum atomic E-state index is -3.88. The topological polar surface area (TPSA) is 68.3 Å². The van der Waals surface area contributed by atoms with E-state index in [-0.39, 0.29) is 0 Å². The summed E-state index contributed by atoms with van der Waals surface area (Å²) >= 11 is 4.29. The maximum Gasteiger partial charge on any atom is 0.186 e. The quantitative estimate of drug-likeness (QED) is 0.464. The summed E-state index contributed by atoms with van der Waals surface area (Å²) in [7, 11) is -7.76. The molecular weight excluding hydrogens is 586 g/mol. The van der Waals surface area contributed by atoms with Crippen LogP contribution in [0.15, 0.2) is 59.3 Å². The maximum atomic E-state index is 12.0. The van der Waals surface area contributed by atoms with Crippen molar-refractivity contribution in [2.45, 2.75) is 0 Å². The summed E-state index contributed by atoms with van der Waals surface area (Å²) in [5.74, 6) is 0. The molecule has 0 spiro atoms. The number of hydrogen-bond donors (Lipinski definition) is 0. The van der Waals surface area contributed by atoms with Crippen LogP contribution in [0, 0.1) is 7.14 Å². The molecule has 0 saturated heterocycles. The van der Waals surface area contributed by atoms with Crippen LogP contribution >= 0.6 is 45.2 Å². The molecule has 0 aliphatic carbocycles. The van der Waals surface area contributed by atoms with Crippen molar-refractivity contribution in [1.29, 1.82) is 0 Å². The summed E-state index contributed by atoms with van der Waals surface area (Å²) in [5, 5.41) is 0.915. The Labute approximate surface area is 175 Å². The lowest BCUT2D eigenvalue weighted by molar-refractivity contribution is 0.598. The van der Waals surface area contributed by atoms with Gasteiger partial charge in [-0.15, -0.1) is 0 Å². The van der Waals surface area contributed by atoms with Crippen molar-refractivity contribution in [2.24, 2.45) is 0 Å². The van der Waals surface area contributed by atoms with Crippen molar-refractivity contribution < 1.29 is 16.8 Å². The van der Waals surface area contributed by atoms with Gasteiger partial charge < -0.3 is 0 Å². The Bertz CT molecular complexity index is 906. The molecule has 2 rings (SSSR count). The fourth-order valence-corrected chi connectivity index (χ4v) is 5.73. The third-order valence-corrected chi connectivity index (χ3v) is 8.17. The molecule has 0 radical (unpaired) electrons. The Morgan fingerprint density at radius 1 is 0.640 bits per heavy atom. The smallest absolute Gasteiger partial charge is 0.186 e. The second-order valence-electron chi connectivity index (χ2n) is 5.15. The summed E-state index contributed by atoms with van der Waals surface area (Å²) in [6.07, 6.45) is 2.79. The van der Waals surface area contributed by atoms with Crippen molar-refractivity contribution in [2.75, 3.05) is 5.08 Å². The largest absolute Gasteiger partial charge is 0.223 e. The summed E-state index contributed by atoms with van der Waals surface area (Å²) in [6.45, 7) is 0. The van der Waals surface area contributed by atoms with Crippen LogP contribution in [-0.4, -0.2) is 21.9 Å². The van der Waals surface area contributed by atoms with Crippen LogP contribution < -0.4 is 0 Å². The Morgan fingerprint density at radius 3 is 1.28 bits per heavy atom. The minimum Gasteiger partial charge on any atom is -0.223 e. The first kappa shape index (κ1) is 20.6. The van der Waals surface area contributed by atoms with Gasteiger partial charge in [0.2, 0.25) is 0 Å². The zero-order valence-electron chi connectivity index (χ0n) is 12.8. The fourth-order valence-electron chi connectivity index (χ4n) is 1.82. The van der Waals surface area contributed by atoms with Crippen LogP contribution in [0.25, 0.3) is 12.2 Å². The van der Waals surface area contributed by atoms with E-state index in [9.17, 15) is 16.8 Å². The second kappa shape index (κ2) is 8.78. The van der Waals surface area contributed by atoms with Gasteiger partial charge in [0.1, 0.15) is 0 Å². The average molecular weight is 600 g/mol. The Kier molecular flexibility index (Phi) is 7.23. The van der Waals surface area contributed by atoms with Crippen LogP contribution in [-0.2, 0) is 19.7 Å². The van der Waals surface area contributed by atoms with Gasteiger partial charge in [-0.2, -0.15) is 0 Å². The summed E-state index contributed by atoms with van der Waals surface area (Å²) in [6, 6.07) is 14.4. The number of rotatable bonds is 6. The molecule has 0 aliphatic rings. The van der Waals surface area contributed by atoms with E-state index >= 15 is 0 Å². The van der Waals surface area contributed by atoms with E-state index in [1.54, 1.807) is 24.3 Å². The maximum absolute atomic E-state index is 12.0. The van der Waals surface area contributed by atoms with Crippen LogP contribution in [0.1, 0.15) is 11.1 Å². The molecular formula is C17H14I2O4S2. The lowest BCUT2D eigenvalue weighted by Crippen LogP contribution is -2.11. The summed E-state index contributed by atoms with van der Waals surface area (Å²) in [4.78, 5) is 0. The number of sulfone groups is 2. The highest BCUT2D eigenvalue weighted by Gasteiger charge is 2.17. The third-order valence-electron chi connectivity index (χ3n) is 3.00. The van der Waals surface area contributed by atoms with E-state index in [1.807, 2.05) is 24.3 Å². The molecule has 8 heteroatoms. The SMILES string of the molecule is O=S(=O)(C=Cc1ccc(I)cc1)CS(=O)(=O)/C=C\c1ccc(I)cc1. The van der Waals surface area contributed by atoms with Crippen molar-refractivity contribution in [1.82, 2.24) is 0 Å². The van der Waals surface area contributed by atoms with Crippen LogP contribution in [0.2, 0.25) is 0 Å². The monoisotopic (exact) mass is 600 g/mol. The van der Waals surface area contributed by atoms with Gasteiger partial charge in [0.25, 0.3) is 0 Å². The number of hydrogen-bond acceptors (Lipinski definition) is 4. The van der Waals surface area contributed by atoms with Gasteiger partial charge in [-0.25, -0.2) is 16.8 Å². The van der Waals surface area contributed by atoms with E-state index in [2.05, 4.69) is 45.2 Å². The Morgan fingerprint density at radius 2 is 0.960 bits per heavy atom. The predicted molar refractivity (Wildman–Crippen MR) is 119 cm³/mol. The second-order valence-corrected chi connectivity index (χ2v) is 11.8. The molecule has 0 unspecified atom stereocenters. The molecule has 0 N–H and O–H groups in total. The lowest BCUT2D eigenvalue weighted by atomic mass is 10.2. The van der Waals surface area contributed by atoms with E-state index in [0.29, 0.717) is 11.1 Å². The molecule has 0 aromatic heterocycles. The van der Waals surface area contributed by atoms with E-state index in [0.717, 1.165) is 18.0 Å². The van der Waals surface area contributed by atoms with Crippen LogP contribution in [0.5, 0.6) is 0 Å². The van der Waals surface area contributed by atoms with E-state index in [1.165, 1.54) is 12.2 Å². The van der Waals surface area contributed by atoms with Gasteiger partial charge in [0.05, 0.1) is 0 Å². The lowest BCUT2D eigenvalue weighted by Gasteiger charge is -1.99. The average Bonchev–Trinajstić information content (AvgIpc) is 2.53. The van der Waals surface area contributed by atoms with Gasteiger partial charge in [0, 0.05) is 18.0 Å². The van der Waals surface area contributed by atoms with E-state index in [4.69, 9.17) is 0 Å². The highest BCUT2D eigenvalue weighted by atomic mass is 127. The van der Waals surface area contributed by atoms with Crippen molar-refractivity contribution >= 4 is 77.0 Å². The molecule has 2 aromatic carbocycles. The standard InChI is InChI=1S/C17H14I2O4S2/c18-16-5-1-14(2-6-16)9-11-24(20,21)13-25(22,23)12-10-15-3-7-17(19)8-4-15/h1-12H,13H2/b11-9-,12-10?.